The van der Waals surface area contributed by atoms with Crippen LogP contribution < -0.4 is 0 Å². The van der Waals surface area contributed by atoms with Crippen LogP contribution in [0.5, 0.6) is 0 Å². The molecule has 0 rings (SSSR count). The summed E-state index contributed by atoms with van der Waals surface area (Å²) in [5.41, 5.74) is 0. The molecule has 17 heavy (non-hydrogen) atoms. The normalized spacial score (nSPS) is 15.9. The zero-order chi connectivity index (χ0) is 13.5. The van der Waals surface area contributed by atoms with Crippen LogP contribution in [0.3, 0.4) is 0 Å². The average Bonchev–Trinajstić information content (AvgIpc) is 2.16. The van der Waals surface area contributed by atoms with Crippen molar-refractivity contribution in [1.29, 1.82) is 0 Å². The molecule has 0 aliphatic heterocycles. The monoisotopic (exact) mass is 366 g/mol. The summed E-state index contributed by atoms with van der Waals surface area (Å²) in [6.07, 6.45) is 8.93. The second-order valence-corrected chi connectivity index (χ2v) is 11.3. The molecule has 0 N–H and O–H groups in total. The Morgan fingerprint density at radius 1 is 1.24 bits per heavy atom. The van der Waals surface area contributed by atoms with Crippen molar-refractivity contribution in [1.82, 2.24) is 0 Å². The maximum absolute atomic E-state index is 6.39. The summed E-state index contributed by atoms with van der Waals surface area (Å²) in [6.45, 7) is 13.6. The van der Waals surface area contributed by atoms with Gasteiger partial charge in [0, 0.05) is 0 Å². The summed E-state index contributed by atoms with van der Waals surface area (Å²) < 4.78 is 8.45. The Labute approximate surface area is 122 Å². The summed E-state index contributed by atoms with van der Waals surface area (Å²) >= 11 is 2.27. The van der Waals surface area contributed by atoms with Gasteiger partial charge in [0.05, 0.1) is 6.10 Å². The second-order valence-electron chi connectivity index (χ2n) is 5.85. The van der Waals surface area contributed by atoms with E-state index >= 15 is 0 Å². The van der Waals surface area contributed by atoms with Gasteiger partial charge < -0.3 is 4.43 Å². The quantitative estimate of drug-likeness (QED) is 0.334. The zero-order valence-corrected chi connectivity index (χ0v) is 15.2. The maximum atomic E-state index is 6.39. The molecule has 0 spiro atoms. The van der Waals surface area contributed by atoms with Gasteiger partial charge in [0.1, 0.15) is 0 Å². The van der Waals surface area contributed by atoms with E-state index in [0.717, 1.165) is 12.8 Å². The molecule has 0 saturated carbocycles. The van der Waals surface area contributed by atoms with Crippen LogP contribution in [0.25, 0.3) is 0 Å². The van der Waals surface area contributed by atoms with E-state index in [1.165, 1.54) is 0 Å². The molecule has 0 saturated heterocycles. The predicted octanol–water partition coefficient (Wildman–Crippen LogP) is 5.68. The van der Waals surface area contributed by atoms with Crippen LogP contribution >= 0.6 is 22.6 Å². The molecular formula is C14H27IOSi. The molecule has 0 aliphatic rings. The van der Waals surface area contributed by atoms with Crippen LogP contribution in [0.15, 0.2) is 22.3 Å². The Balaban J connectivity index is 4.59. The Morgan fingerprint density at radius 3 is 2.24 bits per heavy atom. The van der Waals surface area contributed by atoms with E-state index in [2.05, 4.69) is 85.7 Å². The van der Waals surface area contributed by atoms with Crippen LogP contribution in [0, 0.1) is 0 Å². The van der Waals surface area contributed by atoms with E-state index in [1.54, 1.807) is 0 Å². The predicted molar refractivity (Wildman–Crippen MR) is 89.3 cm³/mol. The van der Waals surface area contributed by atoms with Crippen molar-refractivity contribution in [2.45, 2.75) is 64.8 Å². The largest absolute Gasteiger partial charge is 0.410 e. The molecule has 0 radical (unpaired) electrons. The minimum absolute atomic E-state index is 0.232. The molecule has 0 unspecified atom stereocenters. The smallest absolute Gasteiger partial charge is 0.192 e. The Bertz CT molecular complexity index is 264. The lowest BCUT2D eigenvalue weighted by atomic mass is 10.2. The first-order valence-electron chi connectivity index (χ1n) is 6.34. The fourth-order valence-electron chi connectivity index (χ4n) is 1.20. The van der Waals surface area contributed by atoms with Gasteiger partial charge in [0.15, 0.2) is 8.32 Å². The first-order chi connectivity index (χ1) is 7.74. The highest BCUT2D eigenvalue weighted by Gasteiger charge is 2.38. The van der Waals surface area contributed by atoms with Gasteiger partial charge in [0.25, 0.3) is 0 Å². The summed E-state index contributed by atoms with van der Waals surface area (Å²) in [4.78, 5) is 0. The van der Waals surface area contributed by atoms with Crippen molar-refractivity contribution >= 4 is 30.9 Å². The SMILES string of the molecule is CCC=CC[C@@H](C=CI)O[Si](C)(C)C(C)(C)C. The van der Waals surface area contributed by atoms with Gasteiger partial charge in [0.2, 0.25) is 0 Å². The van der Waals surface area contributed by atoms with Gasteiger partial charge in [-0.15, -0.1) is 0 Å². The Kier molecular flexibility index (Phi) is 7.92. The molecule has 1 atom stereocenters. The molecule has 0 bridgehead atoms. The van der Waals surface area contributed by atoms with Gasteiger partial charge in [-0.2, -0.15) is 0 Å². The third kappa shape index (κ3) is 6.77. The lowest BCUT2D eigenvalue weighted by molar-refractivity contribution is 0.228. The van der Waals surface area contributed by atoms with Crippen molar-refractivity contribution in [3.8, 4) is 0 Å². The first-order valence-corrected chi connectivity index (χ1v) is 10.5. The minimum Gasteiger partial charge on any atom is -0.410 e. The number of hydrogen-bond donors (Lipinski definition) is 0. The van der Waals surface area contributed by atoms with Crippen LogP contribution in [-0.4, -0.2) is 14.4 Å². The van der Waals surface area contributed by atoms with E-state index in [-0.39, 0.29) is 11.1 Å². The van der Waals surface area contributed by atoms with Crippen LogP contribution in [0.2, 0.25) is 18.1 Å². The highest BCUT2D eigenvalue weighted by molar-refractivity contribution is 14.1. The number of allylic oxidation sites excluding steroid dienone is 1. The standard InChI is InChI=1S/C14H27IOSi/c1-7-8-9-10-13(11-12-15)16-17(5,6)14(2,3)4/h8-9,11-13H,7,10H2,1-6H3/t13-/m0/s1. The van der Waals surface area contributed by atoms with Crippen molar-refractivity contribution in [2.24, 2.45) is 0 Å². The Morgan fingerprint density at radius 2 is 1.82 bits per heavy atom. The average molecular weight is 366 g/mol. The molecule has 0 aliphatic carbocycles. The van der Waals surface area contributed by atoms with Gasteiger partial charge in [-0.1, -0.05) is 68.5 Å². The van der Waals surface area contributed by atoms with Crippen LogP contribution in [0.4, 0.5) is 0 Å². The Hall–Kier alpha value is 0.387. The minimum atomic E-state index is -1.65. The molecule has 100 valence electrons. The third-order valence-corrected chi connectivity index (χ3v) is 8.23. The van der Waals surface area contributed by atoms with Crippen molar-refractivity contribution in [2.75, 3.05) is 0 Å². The van der Waals surface area contributed by atoms with E-state index in [0.29, 0.717) is 0 Å². The lowest BCUT2D eigenvalue weighted by Gasteiger charge is -2.38. The summed E-state index contributed by atoms with van der Waals surface area (Å²) in [7, 11) is -1.65. The van der Waals surface area contributed by atoms with E-state index < -0.39 is 8.32 Å². The molecule has 1 nitrogen and oxygen atoms in total. The van der Waals surface area contributed by atoms with E-state index in [4.69, 9.17) is 4.43 Å². The number of rotatable bonds is 6. The summed E-state index contributed by atoms with van der Waals surface area (Å²) in [5.74, 6) is 0. The van der Waals surface area contributed by atoms with Gasteiger partial charge in [-0.3, -0.25) is 0 Å². The highest BCUT2D eigenvalue weighted by atomic mass is 127. The third-order valence-electron chi connectivity index (χ3n) is 3.31. The molecule has 0 aromatic heterocycles. The van der Waals surface area contributed by atoms with Crippen LogP contribution in [0.1, 0.15) is 40.5 Å². The molecule has 0 fully saturated rings. The number of halogens is 1. The second kappa shape index (κ2) is 7.74. The van der Waals surface area contributed by atoms with Crippen molar-refractivity contribution in [3.05, 3.63) is 22.3 Å². The molecule has 3 heteroatoms. The fourth-order valence-corrected chi connectivity index (χ4v) is 2.95. The summed E-state index contributed by atoms with van der Waals surface area (Å²) in [6, 6.07) is 0. The van der Waals surface area contributed by atoms with E-state index in [9.17, 15) is 0 Å². The fraction of sp³-hybridized carbons (Fsp3) is 0.714. The molecule has 0 aromatic rings. The first kappa shape index (κ1) is 17.4. The maximum Gasteiger partial charge on any atom is 0.192 e. The van der Waals surface area contributed by atoms with E-state index in [1.807, 2.05) is 0 Å². The van der Waals surface area contributed by atoms with Gasteiger partial charge in [-0.25, -0.2) is 0 Å². The molecule has 0 aromatic carbocycles. The molecular weight excluding hydrogens is 339 g/mol. The van der Waals surface area contributed by atoms with Gasteiger partial charge >= 0.3 is 0 Å². The van der Waals surface area contributed by atoms with Crippen molar-refractivity contribution in [3.63, 3.8) is 0 Å². The molecule has 0 heterocycles. The topological polar surface area (TPSA) is 9.23 Å². The van der Waals surface area contributed by atoms with Gasteiger partial charge in [-0.05, 0) is 35.1 Å². The summed E-state index contributed by atoms with van der Waals surface area (Å²) in [5, 5.41) is 0.277. The van der Waals surface area contributed by atoms with Crippen molar-refractivity contribution < 1.29 is 4.43 Å². The highest BCUT2D eigenvalue weighted by Crippen LogP contribution is 2.37. The molecule has 0 amide bonds. The zero-order valence-electron chi connectivity index (χ0n) is 12.1. The number of hydrogen-bond acceptors (Lipinski definition) is 1. The van der Waals surface area contributed by atoms with Crippen LogP contribution in [-0.2, 0) is 4.43 Å². The lowest BCUT2D eigenvalue weighted by Crippen LogP contribution is -2.43.